The highest BCUT2D eigenvalue weighted by Crippen LogP contribution is 2.26. The van der Waals surface area contributed by atoms with Crippen molar-refractivity contribution in [2.24, 2.45) is 0 Å². The molecule has 1 aromatic heterocycles. The second-order valence-corrected chi connectivity index (χ2v) is 6.26. The number of nitrogens with one attached hydrogen (secondary N) is 1. The van der Waals surface area contributed by atoms with Crippen LogP contribution in [0, 0.1) is 6.92 Å². The van der Waals surface area contributed by atoms with Gasteiger partial charge in [0, 0.05) is 37.4 Å². The van der Waals surface area contributed by atoms with E-state index in [-0.39, 0.29) is 0 Å². The molecule has 0 aliphatic heterocycles. The molecule has 0 saturated heterocycles. The lowest BCUT2D eigenvalue weighted by Crippen LogP contribution is -2.34. The predicted molar refractivity (Wildman–Crippen MR) is 95.8 cm³/mol. The molecule has 1 aromatic rings. The van der Waals surface area contributed by atoms with Crippen molar-refractivity contribution in [2.75, 3.05) is 35.8 Å². The van der Waals surface area contributed by atoms with Crippen molar-refractivity contribution in [1.82, 2.24) is 9.97 Å². The lowest BCUT2D eigenvalue weighted by atomic mass is 10.2. The van der Waals surface area contributed by atoms with Gasteiger partial charge < -0.3 is 10.2 Å². The van der Waals surface area contributed by atoms with Crippen LogP contribution >= 0.6 is 11.8 Å². The normalized spacial score (nSPS) is 12.3. The smallest absolute Gasteiger partial charge is 0.137 e. The molecule has 0 saturated carbocycles. The van der Waals surface area contributed by atoms with Gasteiger partial charge >= 0.3 is 0 Å². The summed E-state index contributed by atoms with van der Waals surface area (Å²) < 4.78 is 0. The Morgan fingerprint density at radius 1 is 1.24 bits per heavy atom. The van der Waals surface area contributed by atoms with Crippen molar-refractivity contribution in [2.45, 2.75) is 53.0 Å². The van der Waals surface area contributed by atoms with E-state index in [4.69, 9.17) is 4.98 Å². The molecule has 1 atom stereocenters. The molecule has 0 amide bonds. The van der Waals surface area contributed by atoms with Gasteiger partial charge in [-0.1, -0.05) is 20.8 Å². The summed E-state index contributed by atoms with van der Waals surface area (Å²) in [5, 5.41) is 3.44. The number of aromatic nitrogens is 2. The van der Waals surface area contributed by atoms with Gasteiger partial charge in [0.25, 0.3) is 0 Å². The highest BCUT2D eigenvalue weighted by molar-refractivity contribution is 7.98. The fourth-order valence-electron chi connectivity index (χ4n) is 2.34. The average molecular weight is 311 g/mol. The van der Waals surface area contributed by atoms with E-state index >= 15 is 0 Å². The number of hydrogen-bond donors (Lipinski definition) is 1. The number of anilines is 2. The van der Waals surface area contributed by atoms with E-state index in [1.165, 1.54) is 0 Å². The number of rotatable bonds is 9. The Morgan fingerprint density at radius 3 is 2.48 bits per heavy atom. The Morgan fingerprint density at radius 2 is 1.95 bits per heavy atom. The monoisotopic (exact) mass is 310 g/mol. The van der Waals surface area contributed by atoms with Crippen LogP contribution < -0.4 is 10.2 Å². The first kappa shape index (κ1) is 18.1. The molecule has 0 aliphatic carbocycles. The van der Waals surface area contributed by atoms with E-state index in [1.807, 2.05) is 11.8 Å². The number of aryl methyl sites for hydroxylation is 1. The van der Waals surface area contributed by atoms with Crippen LogP contribution in [0.25, 0.3) is 0 Å². The van der Waals surface area contributed by atoms with Gasteiger partial charge in [-0.15, -0.1) is 0 Å². The molecule has 120 valence electrons. The molecule has 21 heavy (non-hydrogen) atoms. The van der Waals surface area contributed by atoms with Gasteiger partial charge in [-0.2, -0.15) is 11.8 Å². The minimum absolute atomic E-state index is 0.511. The highest BCUT2D eigenvalue weighted by Gasteiger charge is 2.19. The molecule has 5 heteroatoms. The Labute approximate surface area is 134 Å². The maximum Gasteiger partial charge on any atom is 0.137 e. The molecule has 0 radical (unpaired) electrons. The van der Waals surface area contributed by atoms with Crippen molar-refractivity contribution in [3.63, 3.8) is 0 Å². The fraction of sp³-hybridized carbons (Fsp3) is 0.750. The van der Waals surface area contributed by atoms with Crippen LogP contribution in [0.1, 0.15) is 45.0 Å². The Bertz CT molecular complexity index is 437. The third kappa shape index (κ3) is 4.77. The molecule has 4 nitrogen and oxygen atoms in total. The minimum atomic E-state index is 0.511. The first-order chi connectivity index (χ1) is 10.1. The van der Waals surface area contributed by atoms with E-state index in [0.717, 1.165) is 54.6 Å². The van der Waals surface area contributed by atoms with Crippen molar-refractivity contribution in [3.8, 4) is 0 Å². The number of hydrogen-bond acceptors (Lipinski definition) is 5. The van der Waals surface area contributed by atoms with Gasteiger partial charge in [0.15, 0.2) is 0 Å². The molecule has 1 N–H and O–H groups in total. The molecular formula is C16H30N4S. The van der Waals surface area contributed by atoms with Crippen LogP contribution in [-0.2, 0) is 6.42 Å². The topological polar surface area (TPSA) is 41.1 Å². The second-order valence-electron chi connectivity index (χ2n) is 5.35. The lowest BCUT2D eigenvalue weighted by molar-refractivity contribution is 0.660. The maximum atomic E-state index is 4.78. The van der Waals surface area contributed by atoms with Gasteiger partial charge in [0.05, 0.1) is 0 Å². The maximum absolute atomic E-state index is 4.78. The van der Waals surface area contributed by atoms with Crippen LogP contribution in [-0.4, -0.2) is 41.6 Å². The highest BCUT2D eigenvalue weighted by atomic mass is 32.2. The molecule has 1 rings (SSSR count). The summed E-state index contributed by atoms with van der Waals surface area (Å²) >= 11 is 1.89. The Hall–Kier alpha value is -0.970. The fourth-order valence-corrected chi connectivity index (χ4v) is 3.18. The van der Waals surface area contributed by atoms with Gasteiger partial charge in [-0.3, -0.25) is 0 Å². The minimum Gasteiger partial charge on any atom is -0.370 e. The summed E-state index contributed by atoms with van der Waals surface area (Å²) in [6.07, 6.45) is 5.25. The molecule has 0 aliphatic rings. The predicted octanol–water partition coefficient (Wildman–Crippen LogP) is 3.75. The van der Waals surface area contributed by atoms with E-state index in [2.05, 4.69) is 56.2 Å². The van der Waals surface area contributed by atoms with Crippen molar-refractivity contribution in [3.05, 3.63) is 11.4 Å². The van der Waals surface area contributed by atoms with Crippen LogP contribution in [0.4, 0.5) is 11.6 Å². The SMILES string of the molecule is CCCNc1nc(CC)nc(N(C)C(CC)CSC)c1C. The summed E-state index contributed by atoms with van der Waals surface area (Å²) in [5.74, 6) is 4.10. The zero-order chi connectivity index (χ0) is 15.8. The quantitative estimate of drug-likeness (QED) is 0.752. The van der Waals surface area contributed by atoms with Crippen molar-refractivity contribution in [1.29, 1.82) is 0 Å². The van der Waals surface area contributed by atoms with E-state index in [1.54, 1.807) is 0 Å². The van der Waals surface area contributed by atoms with Gasteiger partial charge in [-0.25, -0.2) is 9.97 Å². The molecule has 0 fully saturated rings. The molecule has 1 unspecified atom stereocenters. The number of thioether (sulfide) groups is 1. The van der Waals surface area contributed by atoms with Gasteiger partial charge in [0.2, 0.25) is 0 Å². The molecule has 0 bridgehead atoms. The summed E-state index contributed by atoms with van der Waals surface area (Å²) in [6, 6.07) is 0.511. The third-order valence-corrected chi connectivity index (χ3v) is 4.46. The molecular weight excluding hydrogens is 280 g/mol. The van der Waals surface area contributed by atoms with Crippen LogP contribution in [0.15, 0.2) is 0 Å². The Balaban J connectivity index is 3.14. The largest absolute Gasteiger partial charge is 0.370 e. The van der Waals surface area contributed by atoms with Gasteiger partial charge in [0.1, 0.15) is 17.5 Å². The van der Waals surface area contributed by atoms with Crippen LogP contribution in [0.5, 0.6) is 0 Å². The second kappa shape index (κ2) is 9.13. The van der Waals surface area contributed by atoms with Gasteiger partial charge in [-0.05, 0) is 26.0 Å². The molecule has 0 aromatic carbocycles. The van der Waals surface area contributed by atoms with Crippen molar-refractivity contribution >= 4 is 23.4 Å². The number of nitrogens with zero attached hydrogens (tertiary/aromatic N) is 3. The van der Waals surface area contributed by atoms with E-state index in [0.29, 0.717) is 6.04 Å². The lowest BCUT2D eigenvalue weighted by Gasteiger charge is -2.30. The first-order valence-electron chi connectivity index (χ1n) is 7.92. The van der Waals surface area contributed by atoms with Crippen LogP contribution in [0.2, 0.25) is 0 Å². The average Bonchev–Trinajstić information content (AvgIpc) is 2.51. The molecule has 0 spiro atoms. The Kier molecular flexibility index (Phi) is 7.86. The van der Waals surface area contributed by atoms with Crippen molar-refractivity contribution < 1.29 is 0 Å². The zero-order valence-electron chi connectivity index (χ0n) is 14.4. The van der Waals surface area contributed by atoms with E-state index in [9.17, 15) is 0 Å². The molecule has 1 heterocycles. The third-order valence-electron chi connectivity index (χ3n) is 3.74. The first-order valence-corrected chi connectivity index (χ1v) is 9.31. The van der Waals surface area contributed by atoms with Crippen LogP contribution in [0.3, 0.4) is 0 Å². The summed E-state index contributed by atoms with van der Waals surface area (Å²) in [5.41, 5.74) is 1.16. The summed E-state index contributed by atoms with van der Waals surface area (Å²) in [4.78, 5) is 11.7. The summed E-state index contributed by atoms with van der Waals surface area (Å²) in [6.45, 7) is 9.59. The zero-order valence-corrected chi connectivity index (χ0v) is 15.2. The summed E-state index contributed by atoms with van der Waals surface area (Å²) in [7, 11) is 2.16. The van der Waals surface area contributed by atoms with E-state index < -0.39 is 0 Å². The standard InChI is InChI=1S/C16H30N4S/c1-7-10-17-15-12(4)16(19-14(9-3)18-15)20(5)13(8-2)11-21-6/h13H,7-11H2,1-6H3,(H,17,18,19).